The number of carbonyl (C=O) groups excluding carboxylic acids is 1. The third-order valence-corrected chi connectivity index (χ3v) is 3.83. The quantitative estimate of drug-likeness (QED) is 0.815. The van der Waals surface area contributed by atoms with Crippen molar-refractivity contribution in [1.82, 2.24) is 15.2 Å². The molecule has 6 heteroatoms. The number of carbonyl (C=O) groups is 1. The van der Waals surface area contributed by atoms with E-state index in [0.29, 0.717) is 6.54 Å². The molecule has 0 aliphatic carbocycles. The Morgan fingerprint density at radius 2 is 2.22 bits per heavy atom. The van der Waals surface area contributed by atoms with Gasteiger partial charge in [0.1, 0.15) is 5.56 Å². The number of hydrogen-bond donors (Lipinski definition) is 2. The van der Waals surface area contributed by atoms with Crippen LogP contribution in [0.5, 0.6) is 0 Å². The first-order valence-corrected chi connectivity index (χ1v) is 7.18. The maximum absolute atomic E-state index is 11.8. The van der Waals surface area contributed by atoms with Crippen molar-refractivity contribution in [1.29, 1.82) is 0 Å². The highest BCUT2D eigenvalue weighted by Crippen LogP contribution is 2.07. The van der Waals surface area contributed by atoms with E-state index in [1.54, 1.807) is 0 Å². The molecule has 1 aliphatic heterocycles. The number of aromatic amines is 1. The van der Waals surface area contributed by atoms with E-state index in [1.165, 1.54) is 18.5 Å². The summed E-state index contributed by atoms with van der Waals surface area (Å²) in [4.78, 5) is 28.3. The number of aromatic nitrogens is 1. The van der Waals surface area contributed by atoms with E-state index in [0.717, 1.165) is 31.1 Å². The molecule has 0 atom stereocenters. The van der Waals surface area contributed by atoms with Gasteiger partial charge in [0, 0.05) is 56.1 Å². The van der Waals surface area contributed by atoms with Crippen LogP contribution in [0.2, 0.25) is 0 Å². The van der Waals surface area contributed by atoms with E-state index in [9.17, 15) is 9.59 Å². The van der Waals surface area contributed by atoms with Crippen molar-refractivity contribution in [2.75, 3.05) is 37.7 Å². The fraction of sp³-hybridized carbons (Fsp3) is 0.500. The van der Waals surface area contributed by atoms with Gasteiger partial charge in [-0.1, -0.05) is 0 Å². The number of nitrogens with one attached hydrogen (secondary N) is 2. The summed E-state index contributed by atoms with van der Waals surface area (Å²) < 4.78 is 0. The lowest BCUT2D eigenvalue weighted by atomic mass is 10.2. The Bertz CT molecular complexity index is 455. The topological polar surface area (TPSA) is 65.2 Å². The van der Waals surface area contributed by atoms with E-state index in [1.807, 2.05) is 11.8 Å². The predicted octanol–water partition coefficient (Wildman–Crippen LogP) is 0.153. The summed E-state index contributed by atoms with van der Waals surface area (Å²) in [5, 5.41) is 2.78. The van der Waals surface area contributed by atoms with Crippen molar-refractivity contribution in [3.63, 3.8) is 0 Å². The largest absolute Gasteiger partial charge is 0.367 e. The minimum absolute atomic E-state index is 0.173. The molecule has 0 spiro atoms. The molecule has 0 aromatic carbocycles. The minimum Gasteiger partial charge on any atom is -0.367 e. The van der Waals surface area contributed by atoms with Gasteiger partial charge in [0.15, 0.2) is 5.43 Å². The molecule has 1 fully saturated rings. The second-order valence-electron chi connectivity index (χ2n) is 4.13. The molecule has 1 saturated heterocycles. The zero-order valence-corrected chi connectivity index (χ0v) is 11.0. The van der Waals surface area contributed by atoms with Crippen LogP contribution in [0.3, 0.4) is 0 Å². The second kappa shape index (κ2) is 6.61. The molecule has 2 N–H and O–H groups in total. The van der Waals surface area contributed by atoms with E-state index in [-0.39, 0.29) is 16.9 Å². The van der Waals surface area contributed by atoms with Crippen molar-refractivity contribution in [2.45, 2.75) is 0 Å². The van der Waals surface area contributed by atoms with E-state index in [4.69, 9.17) is 0 Å². The summed E-state index contributed by atoms with van der Waals surface area (Å²) in [7, 11) is 0. The van der Waals surface area contributed by atoms with Crippen LogP contribution in [0.15, 0.2) is 23.3 Å². The number of nitrogens with zero attached hydrogens (tertiary/aromatic N) is 1. The molecular weight excluding hydrogens is 250 g/mol. The normalized spacial score (nSPS) is 16.4. The van der Waals surface area contributed by atoms with E-state index >= 15 is 0 Å². The molecule has 2 heterocycles. The number of hydrogen-bond acceptors (Lipinski definition) is 4. The van der Waals surface area contributed by atoms with Crippen molar-refractivity contribution in [3.05, 3.63) is 34.2 Å². The van der Waals surface area contributed by atoms with Crippen molar-refractivity contribution in [3.8, 4) is 0 Å². The van der Waals surface area contributed by atoms with Crippen LogP contribution in [-0.4, -0.2) is 53.5 Å². The summed E-state index contributed by atoms with van der Waals surface area (Å²) >= 11 is 1.96. The molecule has 0 unspecified atom stereocenters. The standard InChI is InChI=1S/C12H17N3O2S/c16-11-1-2-13-9-10(11)12(17)14-3-4-15-5-7-18-8-6-15/h1-2,9H,3-8H2,(H,13,16)(H,14,17). The van der Waals surface area contributed by atoms with Gasteiger partial charge in [0.25, 0.3) is 5.91 Å². The summed E-state index contributed by atoms with van der Waals surface area (Å²) in [5.41, 5.74) is -0.0766. The summed E-state index contributed by atoms with van der Waals surface area (Å²) in [6.45, 7) is 3.58. The highest BCUT2D eigenvalue weighted by molar-refractivity contribution is 7.99. The van der Waals surface area contributed by atoms with Crippen LogP contribution >= 0.6 is 11.8 Å². The lowest BCUT2D eigenvalue weighted by Crippen LogP contribution is -2.40. The fourth-order valence-corrected chi connectivity index (χ4v) is 2.82. The Kier molecular flexibility index (Phi) is 4.83. The Morgan fingerprint density at radius 1 is 1.44 bits per heavy atom. The Balaban J connectivity index is 1.78. The Morgan fingerprint density at radius 3 is 2.94 bits per heavy atom. The molecule has 1 amide bonds. The van der Waals surface area contributed by atoms with Crippen LogP contribution in [0.25, 0.3) is 0 Å². The van der Waals surface area contributed by atoms with Crippen molar-refractivity contribution >= 4 is 17.7 Å². The van der Waals surface area contributed by atoms with Gasteiger partial charge in [-0.3, -0.25) is 14.5 Å². The number of thioether (sulfide) groups is 1. The Labute approximate surface area is 110 Å². The number of H-pyrrole nitrogens is 1. The summed E-state index contributed by atoms with van der Waals surface area (Å²) in [5.74, 6) is 2.02. The van der Waals surface area contributed by atoms with Gasteiger partial charge in [-0.25, -0.2) is 0 Å². The summed E-state index contributed by atoms with van der Waals surface area (Å²) in [6.07, 6.45) is 2.96. The molecule has 2 rings (SSSR count). The van der Waals surface area contributed by atoms with Gasteiger partial charge < -0.3 is 10.3 Å². The molecule has 1 aromatic heterocycles. The molecule has 5 nitrogen and oxygen atoms in total. The predicted molar refractivity (Wildman–Crippen MR) is 73.2 cm³/mol. The van der Waals surface area contributed by atoms with E-state index in [2.05, 4.69) is 15.2 Å². The molecule has 18 heavy (non-hydrogen) atoms. The molecule has 1 aromatic rings. The molecule has 98 valence electrons. The van der Waals surface area contributed by atoms with Gasteiger partial charge in [0.05, 0.1) is 0 Å². The van der Waals surface area contributed by atoms with Crippen LogP contribution in [-0.2, 0) is 0 Å². The van der Waals surface area contributed by atoms with Crippen molar-refractivity contribution < 1.29 is 4.79 Å². The van der Waals surface area contributed by atoms with Gasteiger partial charge in [-0.2, -0.15) is 11.8 Å². The first kappa shape index (κ1) is 13.2. The van der Waals surface area contributed by atoms with Gasteiger partial charge in [-0.15, -0.1) is 0 Å². The smallest absolute Gasteiger partial charge is 0.256 e. The van der Waals surface area contributed by atoms with Crippen molar-refractivity contribution in [2.24, 2.45) is 0 Å². The lowest BCUT2D eigenvalue weighted by molar-refractivity contribution is 0.0947. The molecule has 0 radical (unpaired) electrons. The number of amides is 1. The molecule has 1 aliphatic rings. The molecular formula is C12H17N3O2S. The Hall–Kier alpha value is -1.27. The third kappa shape index (κ3) is 3.61. The zero-order chi connectivity index (χ0) is 12.8. The van der Waals surface area contributed by atoms with Gasteiger partial charge in [0.2, 0.25) is 0 Å². The minimum atomic E-state index is -0.303. The van der Waals surface area contributed by atoms with E-state index < -0.39 is 0 Å². The maximum atomic E-state index is 11.8. The second-order valence-corrected chi connectivity index (χ2v) is 5.36. The lowest BCUT2D eigenvalue weighted by Gasteiger charge is -2.25. The zero-order valence-electron chi connectivity index (χ0n) is 10.1. The monoisotopic (exact) mass is 267 g/mol. The average Bonchev–Trinajstić information content (AvgIpc) is 2.40. The van der Waals surface area contributed by atoms with Crippen LogP contribution in [0.4, 0.5) is 0 Å². The number of pyridine rings is 1. The SMILES string of the molecule is O=C(NCCN1CCSCC1)c1c[nH]ccc1=O. The summed E-state index contributed by atoms with van der Waals surface area (Å²) in [6, 6.07) is 1.36. The highest BCUT2D eigenvalue weighted by atomic mass is 32.2. The first-order valence-electron chi connectivity index (χ1n) is 6.03. The van der Waals surface area contributed by atoms with Crippen LogP contribution in [0.1, 0.15) is 10.4 Å². The maximum Gasteiger partial charge on any atom is 0.256 e. The van der Waals surface area contributed by atoms with Crippen LogP contribution < -0.4 is 10.7 Å². The molecule has 0 saturated carbocycles. The van der Waals surface area contributed by atoms with Crippen LogP contribution in [0, 0.1) is 0 Å². The fourth-order valence-electron chi connectivity index (χ4n) is 1.84. The number of rotatable bonds is 4. The average molecular weight is 267 g/mol. The highest BCUT2D eigenvalue weighted by Gasteiger charge is 2.12. The third-order valence-electron chi connectivity index (χ3n) is 2.89. The first-order chi connectivity index (χ1) is 8.77. The molecule has 0 bridgehead atoms. The van der Waals surface area contributed by atoms with Gasteiger partial charge >= 0.3 is 0 Å². The van der Waals surface area contributed by atoms with Gasteiger partial charge in [-0.05, 0) is 0 Å².